The highest BCUT2D eigenvalue weighted by atomic mass is 32.2. The van der Waals surface area contributed by atoms with E-state index in [4.69, 9.17) is 5.11 Å². The van der Waals surface area contributed by atoms with Crippen molar-refractivity contribution in [1.82, 2.24) is 5.32 Å². The van der Waals surface area contributed by atoms with Crippen molar-refractivity contribution in [2.75, 3.05) is 6.54 Å². The third-order valence-electron chi connectivity index (χ3n) is 4.96. The molecule has 0 heterocycles. The van der Waals surface area contributed by atoms with Crippen molar-refractivity contribution in [3.8, 4) is 0 Å². The lowest BCUT2D eigenvalue weighted by Crippen LogP contribution is -2.51. The molecule has 0 aromatic heterocycles. The van der Waals surface area contributed by atoms with Crippen LogP contribution < -0.4 is 5.32 Å². The maximum atomic E-state index is 13.4. The molecule has 1 aromatic carbocycles. The summed E-state index contributed by atoms with van der Waals surface area (Å²) in [4.78, 5) is 24.0. The third-order valence-corrected chi connectivity index (χ3v) is 7.60. The number of hydrogen-bond acceptors (Lipinski definition) is 4. The van der Waals surface area contributed by atoms with E-state index in [9.17, 15) is 18.0 Å². The molecule has 25 heavy (non-hydrogen) atoms. The number of rotatable bonds is 6. The van der Waals surface area contributed by atoms with E-state index in [-0.39, 0.29) is 24.3 Å². The Hall–Kier alpha value is -1.89. The number of carboxylic acids is 1. The van der Waals surface area contributed by atoms with E-state index >= 15 is 0 Å². The zero-order chi connectivity index (χ0) is 18.8. The molecule has 1 amide bonds. The zero-order valence-electron chi connectivity index (χ0n) is 14.8. The van der Waals surface area contributed by atoms with Gasteiger partial charge in [-0.2, -0.15) is 0 Å². The Morgan fingerprint density at radius 1 is 1.24 bits per heavy atom. The third kappa shape index (κ3) is 3.56. The van der Waals surface area contributed by atoms with Gasteiger partial charge >= 0.3 is 5.97 Å². The molecule has 0 bridgehead atoms. The van der Waals surface area contributed by atoms with Gasteiger partial charge in [-0.1, -0.05) is 31.9 Å². The number of carboxylic acid groups (broad SMARTS) is 1. The number of aryl methyl sites for hydroxylation is 2. The van der Waals surface area contributed by atoms with Crippen LogP contribution in [0.3, 0.4) is 0 Å². The molecule has 2 rings (SSSR count). The lowest BCUT2D eigenvalue weighted by atomic mass is 10.1. The predicted octanol–water partition coefficient (Wildman–Crippen LogP) is 2.23. The number of nitrogens with one attached hydrogen (secondary N) is 1. The quantitative estimate of drug-likeness (QED) is 0.803. The number of hydrogen-bond donors (Lipinski definition) is 2. The van der Waals surface area contributed by atoms with Gasteiger partial charge in [-0.3, -0.25) is 9.59 Å². The van der Waals surface area contributed by atoms with Gasteiger partial charge in [0.25, 0.3) is 0 Å². The highest BCUT2D eigenvalue weighted by molar-refractivity contribution is 7.93. The van der Waals surface area contributed by atoms with Crippen LogP contribution >= 0.6 is 0 Å². The summed E-state index contributed by atoms with van der Waals surface area (Å²) in [5, 5.41) is 11.5. The lowest BCUT2D eigenvalue weighted by molar-refractivity contribution is -0.141. The maximum Gasteiger partial charge on any atom is 0.308 e. The molecule has 1 aromatic rings. The SMILES string of the molecule is Cc1ccc(C)c(S(=O)(=O)C2(C(=O)NCC(C)C(=O)O)CCCC2)c1. The summed E-state index contributed by atoms with van der Waals surface area (Å²) < 4.78 is 25.2. The number of amides is 1. The predicted molar refractivity (Wildman–Crippen MR) is 94.1 cm³/mol. The van der Waals surface area contributed by atoms with Crippen LogP contribution in [-0.4, -0.2) is 36.7 Å². The first-order valence-electron chi connectivity index (χ1n) is 8.45. The Labute approximate surface area is 148 Å². The van der Waals surface area contributed by atoms with E-state index in [0.29, 0.717) is 18.4 Å². The second kappa shape index (κ2) is 7.15. The normalized spacial score (nSPS) is 17.9. The van der Waals surface area contributed by atoms with Crippen molar-refractivity contribution in [2.45, 2.75) is 56.1 Å². The highest BCUT2D eigenvalue weighted by Crippen LogP contribution is 2.41. The van der Waals surface area contributed by atoms with Gasteiger partial charge in [-0.05, 0) is 43.9 Å². The van der Waals surface area contributed by atoms with Crippen molar-refractivity contribution in [3.05, 3.63) is 29.3 Å². The molecule has 1 aliphatic rings. The lowest BCUT2D eigenvalue weighted by Gasteiger charge is -2.29. The molecule has 0 saturated heterocycles. The van der Waals surface area contributed by atoms with Crippen molar-refractivity contribution in [3.63, 3.8) is 0 Å². The van der Waals surface area contributed by atoms with Gasteiger partial charge in [-0.15, -0.1) is 0 Å². The van der Waals surface area contributed by atoms with Gasteiger partial charge in [0, 0.05) is 6.54 Å². The van der Waals surface area contributed by atoms with E-state index in [2.05, 4.69) is 5.32 Å². The molecule has 1 fully saturated rings. The number of sulfone groups is 1. The molecule has 7 heteroatoms. The monoisotopic (exact) mass is 367 g/mol. The van der Waals surface area contributed by atoms with E-state index in [1.807, 2.05) is 13.0 Å². The molecule has 1 atom stereocenters. The fourth-order valence-corrected chi connectivity index (χ4v) is 5.66. The van der Waals surface area contributed by atoms with E-state index in [1.54, 1.807) is 19.1 Å². The van der Waals surface area contributed by atoms with Crippen LogP contribution in [0.15, 0.2) is 23.1 Å². The second-order valence-electron chi connectivity index (χ2n) is 6.92. The van der Waals surface area contributed by atoms with Crippen molar-refractivity contribution in [2.24, 2.45) is 5.92 Å². The van der Waals surface area contributed by atoms with Crippen molar-refractivity contribution >= 4 is 21.7 Å². The number of carbonyl (C=O) groups is 2. The molecule has 6 nitrogen and oxygen atoms in total. The molecule has 1 saturated carbocycles. The molecule has 2 N–H and O–H groups in total. The number of aliphatic carboxylic acids is 1. The first-order chi connectivity index (χ1) is 11.6. The Morgan fingerprint density at radius 2 is 1.84 bits per heavy atom. The summed E-state index contributed by atoms with van der Waals surface area (Å²) in [5.41, 5.74) is 1.43. The van der Waals surface area contributed by atoms with Crippen LogP contribution in [0.4, 0.5) is 0 Å². The van der Waals surface area contributed by atoms with Crippen molar-refractivity contribution < 1.29 is 23.1 Å². The molecule has 0 radical (unpaired) electrons. The number of carbonyl (C=O) groups excluding carboxylic acids is 1. The largest absolute Gasteiger partial charge is 0.481 e. The highest BCUT2D eigenvalue weighted by Gasteiger charge is 2.53. The first kappa shape index (κ1) is 19.4. The molecular weight excluding hydrogens is 342 g/mol. The summed E-state index contributed by atoms with van der Waals surface area (Å²) in [7, 11) is -3.88. The van der Waals surface area contributed by atoms with Crippen molar-refractivity contribution in [1.29, 1.82) is 0 Å². The molecule has 1 unspecified atom stereocenters. The van der Waals surface area contributed by atoms with E-state index in [0.717, 1.165) is 5.56 Å². The Balaban J connectivity index is 2.40. The average Bonchev–Trinajstić information content (AvgIpc) is 3.05. The van der Waals surface area contributed by atoms with Gasteiger partial charge in [-0.25, -0.2) is 8.42 Å². The average molecular weight is 367 g/mol. The van der Waals surface area contributed by atoms with Gasteiger partial charge in [0.2, 0.25) is 5.91 Å². The van der Waals surface area contributed by atoms with E-state index < -0.39 is 32.4 Å². The summed E-state index contributed by atoms with van der Waals surface area (Å²) in [6.07, 6.45) is 1.84. The topological polar surface area (TPSA) is 101 Å². The Bertz CT molecular complexity index is 779. The minimum atomic E-state index is -3.88. The van der Waals surface area contributed by atoms with Crippen LogP contribution in [0.1, 0.15) is 43.7 Å². The smallest absolute Gasteiger partial charge is 0.308 e. The Kier molecular flexibility index (Phi) is 5.56. The minimum Gasteiger partial charge on any atom is -0.481 e. The second-order valence-corrected chi connectivity index (χ2v) is 9.15. The number of benzene rings is 1. The van der Waals surface area contributed by atoms with Gasteiger partial charge in [0.15, 0.2) is 14.6 Å². The summed E-state index contributed by atoms with van der Waals surface area (Å²) in [6, 6.07) is 5.19. The van der Waals surface area contributed by atoms with E-state index in [1.165, 1.54) is 6.92 Å². The summed E-state index contributed by atoms with van der Waals surface area (Å²) >= 11 is 0. The zero-order valence-corrected chi connectivity index (χ0v) is 15.6. The van der Waals surface area contributed by atoms with Gasteiger partial charge in [0.05, 0.1) is 10.8 Å². The molecule has 138 valence electrons. The van der Waals surface area contributed by atoms with Crippen LogP contribution in [-0.2, 0) is 19.4 Å². The van der Waals surface area contributed by atoms with Gasteiger partial charge < -0.3 is 10.4 Å². The molecule has 0 spiro atoms. The molecule has 0 aliphatic heterocycles. The maximum absolute atomic E-state index is 13.4. The first-order valence-corrected chi connectivity index (χ1v) is 9.93. The van der Waals surface area contributed by atoms with Crippen LogP contribution in [0.25, 0.3) is 0 Å². The standard InChI is InChI=1S/C18H25NO5S/c1-12-6-7-13(2)15(10-12)25(23,24)18(8-4-5-9-18)17(22)19-11-14(3)16(20)21/h6-7,10,14H,4-5,8-9,11H2,1-3H3,(H,19,22)(H,20,21). The summed E-state index contributed by atoms with van der Waals surface area (Å²) in [5.74, 6) is -2.39. The fraction of sp³-hybridized carbons (Fsp3) is 0.556. The van der Waals surface area contributed by atoms with Crippen LogP contribution in [0.5, 0.6) is 0 Å². The van der Waals surface area contributed by atoms with Gasteiger partial charge in [0.1, 0.15) is 0 Å². The van der Waals surface area contributed by atoms with Crippen LogP contribution in [0.2, 0.25) is 0 Å². The fourth-order valence-electron chi connectivity index (χ4n) is 3.27. The Morgan fingerprint density at radius 3 is 2.40 bits per heavy atom. The molecule has 1 aliphatic carbocycles. The minimum absolute atomic E-state index is 0.0851. The summed E-state index contributed by atoms with van der Waals surface area (Å²) in [6.45, 7) is 4.93. The molecular formula is C18H25NO5S. The van der Waals surface area contributed by atoms with Crippen LogP contribution in [0, 0.1) is 19.8 Å².